The molecule has 4 heteroatoms. The summed E-state index contributed by atoms with van der Waals surface area (Å²) in [4.78, 5) is 12.0. The van der Waals surface area contributed by atoms with Crippen molar-refractivity contribution in [2.45, 2.75) is 45.3 Å². The Labute approximate surface area is 114 Å². The van der Waals surface area contributed by atoms with Crippen molar-refractivity contribution in [3.05, 3.63) is 29.8 Å². The van der Waals surface area contributed by atoms with E-state index in [4.69, 9.17) is 0 Å². The zero-order valence-corrected chi connectivity index (χ0v) is 11.7. The Morgan fingerprint density at radius 1 is 1.42 bits per heavy atom. The molecule has 1 atom stereocenters. The molecule has 1 aromatic carbocycles. The second kappa shape index (κ2) is 5.21. The van der Waals surface area contributed by atoms with E-state index in [1.165, 1.54) is 12.8 Å². The summed E-state index contributed by atoms with van der Waals surface area (Å²) in [5, 5.41) is 15.3. The van der Waals surface area contributed by atoms with Gasteiger partial charge in [0.1, 0.15) is 0 Å². The molecule has 1 aromatic rings. The van der Waals surface area contributed by atoms with Gasteiger partial charge in [-0.05, 0) is 57.2 Å². The maximum Gasteiger partial charge on any atom is 0.319 e. The summed E-state index contributed by atoms with van der Waals surface area (Å²) in [5.74, 6) is 0.585. The molecule has 0 aliphatic heterocycles. The highest BCUT2D eigenvalue weighted by Crippen LogP contribution is 2.39. The monoisotopic (exact) mass is 262 g/mol. The maximum atomic E-state index is 12.0. The van der Waals surface area contributed by atoms with Crippen LogP contribution in [0.2, 0.25) is 0 Å². The summed E-state index contributed by atoms with van der Waals surface area (Å²) < 4.78 is 0. The van der Waals surface area contributed by atoms with E-state index in [1.54, 1.807) is 13.0 Å². The molecule has 0 spiro atoms. The van der Waals surface area contributed by atoms with E-state index in [-0.39, 0.29) is 11.6 Å². The van der Waals surface area contributed by atoms with E-state index < -0.39 is 6.10 Å². The molecule has 1 aliphatic rings. The SMILES string of the molecule is CC(O)c1cccc(NC(=O)NC(C)(C)C2CC2)c1. The second-order valence-electron chi connectivity index (χ2n) is 5.88. The molecule has 2 rings (SSSR count). The van der Waals surface area contributed by atoms with Gasteiger partial charge < -0.3 is 15.7 Å². The van der Waals surface area contributed by atoms with Gasteiger partial charge >= 0.3 is 6.03 Å². The van der Waals surface area contributed by atoms with Crippen LogP contribution in [0, 0.1) is 5.92 Å². The summed E-state index contributed by atoms with van der Waals surface area (Å²) in [6.07, 6.45) is 1.84. The second-order valence-corrected chi connectivity index (χ2v) is 5.88. The van der Waals surface area contributed by atoms with Crippen molar-refractivity contribution in [3.8, 4) is 0 Å². The van der Waals surface area contributed by atoms with Gasteiger partial charge in [0.25, 0.3) is 0 Å². The first kappa shape index (κ1) is 13.9. The summed E-state index contributed by atoms with van der Waals surface area (Å²) in [6.45, 7) is 5.81. The number of urea groups is 1. The standard InChI is InChI=1S/C15H22N2O2/c1-10(18)11-5-4-6-13(9-11)16-14(19)17-15(2,3)12-7-8-12/h4-6,9-10,12,18H,7-8H2,1-3H3,(H2,16,17,19). The lowest BCUT2D eigenvalue weighted by Gasteiger charge is -2.26. The number of hydrogen-bond donors (Lipinski definition) is 3. The van der Waals surface area contributed by atoms with E-state index in [1.807, 2.05) is 18.2 Å². The van der Waals surface area contributed by atoms with Crippen LogP contribution in [0.15, 0.2) is 24.3 Å². The predicted molar refractivity (Wildman–Crippen MR) is 76.0 cm³/mol. The summed E-state index contributed by atoms with van der Waals surface area (Å²) in [6, 6.07) is 7.06. The van der Waals surface area contributed by atoms with Crippen LogP contribution in [0.4, 0.5) is 10.5 Å². The number of hydrogen-bond acceptors (Lipinski definition) is 2. The molecular formula is C15H22N2O2. The van der Waals surface area contributed by atoms with Gasteiger partial charge in [0.05, 0.1) is 6.10 Å². The van der Waals surface area contributed by atoms with Crippen LogP contribution < -0.4 is 10.6 Å². The smallest absolute Gasteiger partial charge is 0.319 e. The Kier molecular flexibility index (Phi) is 3.80. The zero-order chi connectivity index (χ0) is 14.0. The lowest BCUT2D eigenvalue weighted by molar-refractivity contribution is 0.199. The molecule has 0 heterocycles. The van der Waals surface area contributed by atoms with Crippen molar-refractivity contribution in [1.82, 2.24) is 5.32 Å². The van der Waals surface area contributed by atoms with Crippen LogP contribution in [0.5, 0.6) is 0 Å². The lowest BCUT2D eigenvalue weighted by atomic mass is 9.99. The van der Waals surface area contributed by atoms with Gasteiger partial charge in [0.2, 0.25) is 0 Å². The van der Waals surface area contributed by atoms with E-state index in [0.29, 0.717) is 11.6 Å². The fourth-order valence-electron chi connectivity index (χ4n) is 2.24. The van der Waals surface area contributed by atoms with Crippen LogP contribution in [0.25, 0.3) is 0 Å². The third-order valence-corrected chi connectivity index (χ3v) is 3.66. The third-order valence-electron chi connectivity index (χ3n) is 3.66. The van der Waals surface area contributed by atoms with Gasteiger partial charge in [-0.15, -0.1) is 0 Å². The van der Waals surface area contributed by atoms with Gasteiger partial charge in [0, 0.05) is 11.2 Å². The van der Waals surface area contributed by atoms with Crippen molar-refractivity contribution in [3.63, 3.8) is 0 Å². The Bertz CT molecular complexity index is 465. The molecule has 4 nitrogen and oxygen atoms in total. The van der Waals surface area contributed by atoms with Crippen molar-refractivity contribution in [1.29, 1.82) is 0 Å². The van der Waals surface area contributed by atoms with Crippen LogP contribution in [0.3, 0.4) is 0 Å². The van der Waals surface area contributed by atoms with E-state index in [9.17, 15) is 9.90 Å². The zero-order valence-electron chi connectivity index (χ0n) is 11.7. The number of amides is 2. The number of rotatable bonds is 4. The Morgan fingerprint density at radius 3 is 2.68 bits per heavy atom. The lowest BCUT2D eigenvalue weighted by Crippen LogP contribution is -2.47. The molecule has 1 aliphatic carbocycles. The van der Waals surface area contributed by atoms with E-state index in [0.717, 1.165) is 5.56 Å². The molecule has 1 unspecified atom stereocenters. The van der Waals surface area contributed by atoms with E-state index in [2.05, 4.69) is 24.5 Å². The Morgan fingerprint density at radius 2 is 2.11 bits per heavy atom. The van der Waals surface area contributed by atoms with Crippen molar-refractivity contribution >= 4 is 11.7 Å². The molecular weight excluding hydrogens is 240 g/mol. The average molecular weight is 262 g/mol. The number of benzene rings is 1. The number of aliphatic hydroxyl groups excluding tert-OH is 1. The Balaban J connectivity index is 1.96. The van der Waals surface area contributed by atoms with Gasteiger partial charge in [-0.3, -0.25) is 0 Å². The minimum absolute atomic E-state index is 0.161. The maximum absolute atomic E-state index is 12.0. The molecule has 2 amide bonds. The first-order valence-corrected chi connectivity index (χ1v) is 6.75. The third kappa shape index (κ3) is 3.70. The Hall–Kier alpha value is -1.55. The molecule has 3 N–H and O–H groups in total. The molecule has 0 bridgehead atoms. The summed E-state index contributed by atoms with van der Waals surface area (Å²) in [5.41, 5.74) is 1.33. The molecule has 1 fully saturated rings. The number of aliphatic hydroxyl groups is 1. The van der Waals surface area contributed by atoms with Crippen molar-refractivity contribution in [2.75, 3.05) is 5.32 Å². The molecule has 0 radical (unpaired) electrons. The first-order chi connectivity index (χ1) is 8.88. The molecule has 19 heavy (non-hydrogen) atoms. The molecule has 1 saturated carbocycles. The van der Waals surface area contributed by atoms with Gasteiger partial charge in [-0.2, -0.15) is 0 Å². The molecule has 0 saturated heterocycles. The van der Waals surface area contributed by atoms with Crippen LogP contribution >= 0.6 is 0 Å². The van der Waals surface area contributed by atoms with Gasteiger partial charge in [-0.1, -0.05) is 12.1 Å². The topological polar surface area (TPSA) is 61.4 Å². The average Bonchev–Trinajstić information content (AvgIpc) is 3.12. The van der Waals surface area contributed by atoms with Gasteiger partial charge in [-0.25, -0.2) is 4.79 Å². The fraction of sp³-hybridized carbons (Fsp3) is 0.533. The van der Waals surface area contributed by atoms with Crippen LogP contribution in [-0.4, -0.2) is 16.7 Å². The fourth-order valence-corrected chi connectivity index (χ4v) is 2.24. The molecule has 0 aromatic heterocycles. The minimum atomic E-state index is -0.535. The number of carbonyl (C=O) groups is 1. The number of carbonyl (C=O) groups excluding carboxylic acids is 1. The van der Waals surface area contributed by atoms with Gasteiger partial charge in [0.15, 0.2) is 0 Å². The summed E-state index contributed by atoms with van der Waals surface area (Å²) in [7, 11) is 0. The molecule has 104 valence electrons. The van der Waals surface area contributed by atoms with Crippen molar-refractivity contribution in [2.24, 2.45) is 5.92 Å². The highest BCUT2D eigenvalue weighted by Gasteiger charge is 2.38. The quantitative estimate of drug-likeness (QED) is 0.781. The highest BCUT2D eigenvalue weighted by molar-refractivity contribution is 5.89. The normalized spacial score (nSPS) is 16.8. The largest absolute Gasteiger partial charge is 0.389 e. The number of anilines is 1. The summed E-state index contributed by atoms with van der Waals surface area (Å²) >= 11 is 0. The van der Waals surface area contributed by atoms with Crippen LogP contribution in [-0.2, 0) is 0 Å². The highest BCUT2D eigenvalue weighted by atomic mass is 16.3. The number of nitrogens with one attached hydrogen (secondary N) is 2. The predicted octanol–water partition coefficient (Wildman–Crippen LogP) is 3.05. The minimum Gasteiger partial charge on any atom is -0.389 e. The first-order valence-electron chi connectivity index (χ1n) is 6.75. The van der Waals surface area contributed by atoms with Crippen molar-refractivity contribution < 1.29 is 9.90 Å². The van der Waals surface area contributed by atoms with Crippen LogP contribution in [0.1, 0.15) is 45.3 Å². The van der Waals surface area contributed by atoms with E-state index >= 15 is 0 Å².